The molecule has 0 saturated heterocycles. The molecule has 1 atom stereocenters. The van der Waals surface area contributed by atoms with Gasteiger partial charge < -0.3 is 21.9 Å². The zero-order valence-electron chi connectivity index (χ0n) is 14.5. The number of nitrogens with two attached hydrogens (primary N) is 2. The number of hydrogen-bond acceptors (Lipinski definition) is 6. The number of carbonyl (C=O) groups excluding carboxylic acids is 3. The van der Waals surface area contributed by atoms with E-state index in [1.54, 1.807) is 12.1 Å². The van der Waals surface area contributed by atoms with Gasteiger partial charge in [-0.15, -0.1) is 0 Å². The van der Waals surface area contributed by atoms with Crippen molar-refractivity contribution >= 4 is 29.8 Å². The van der Waals surface area contributed by atoms with E-state index >= 15 is 0 Å². The van der Waals surface area contributed by atoms with Crippen LogP contribution in [0.25, 0.3) is 0 Å². The minimum atomic E-state index is -1.34. The van der Waals surface area contributed by atoms with Crippen molar-refractivity contribution in [1.82, 2.24) is 21.1 Å². The number of primary amides is 1. The van der Waals surface area contributed by atoms with Gasteiger partial charge in [-0.3, -0.25) is 30.1 Å². The van der Waals surface area contributed by atoms with Gasteiger partial charge in [0, 0.05) is 19.2 Å². The smallest absolute Gasteiger partial charge is 0.338 e. The molecule has 0 fully saturated rings. The molecule has 0 radical (unpaired) electrons. The van der Waals surface area contributed by atoms with E-state index in [0.29, 0.717) is 5.56 Å². The molecule has 4 amide bonds. The Morgan fingerprint density at radius 2 is 1.93 bits per heavy atom. The summed E-state index contributed by atoms with van der Waals surface area (Å²) in [6.07, 6.45) is -0.640. The number of imide groups is 1. The standard InChI is InChI=1S/C15H21N7O5/c1-22(15(27)21-20-10(12(16)25)6-11(23)24)13(26)9-4-2-3-8(5-9)7-19-14(17)18/h2-5,10,20H,6-7H2,1H3,(H2,16,25)(H,21,27)(H,23,24)(H4,17,18,19)/t10-/m0/s1. The largest absolute Gasteiger partial charge is 0.481 e. The third kappa shape index (κ3) is 6.99. The minimum Gasteiger partial charge on any atom is -0.481 e. The average molecular weight is 379 g/mol. The fourth-order valence-electron chi connectivity index (χ4n) is 1.93. The molecule has 0 saturated carbocycles. The van der Waals surface area contributed by atoms with E-state index in [2.05, 4.69) is 16.2 Å². The fraction of sp³-hybridized carbons (Fsp3) is 0.267. The van der Waals surface area contributed by atoms with E-state index in [0.717, 1.165) is 4.90 Å². The monoisotopic (exact) mass is 379 g/mol. The molecule has 12 heteroatoms. The number of carboxylic acids is 1. The lowest BCUT2D eigenvalue weighted by Crippen LogP contribution is -2.54. The number of nitrogens with one attached hydrogen (secondary N) is 4. The summed E-state index contributed by atoms with van der Waals surface area (Å²) in [7, 11) is 1.20. The van der Waals surface area contributed by atoms with Crippen LogP contribution in [0.2, 0.25) is 0 Å². The SMILES string of the molecule is CN(C(=O)NN[C@@H](CC(=O)O)C(N)=O)C(=O)c1cccc(CNC(=N)N)c1. The van der Waals surface area contributed by atoms with E-state index < -0.39 is 36.3 Å². The maximum absolute atomic E-state index is 12.4. The molecule has 0 aliphatic rings. The number of carbonyl (C=O) groups is 4. The first-order chi connectivity index (χ1) is 12.6. The highest BCUT2D eigenvalue weighted by Gasteiger charge is 2.23. The summed E-state index contributed by atoms with van der Waals surface area (Å²) in [5, 5.41) is 18.4. The number of carboxylic acid groups (broad SMARTS) is 1. The molecular formula is C15H21N7O5. The number of amides is 4. The van der Waals surface area contributed by atoms with Crippen LogP contribution in [0.5, 0.6) is 0 Å². The van der Waals surface area contributed by atoms with Crippen LogP contribution in [-0.4, -0.2) is 52.9 Å². The van der Waals surface area contributed by atoms with Gasteiger partial charge in [-0.1, -0.05) is 12.1 Å². The van der Waals surface area contributed by atoms with Gasteiger partial charge in [-0.2, -0.15) is 0 Å². The molecule has 12 nitrogen and oxygen atoms in total. The van der Waals surface area contributed by atoms with Crippen LogP contribution in [0.3, 0.4) is 0 Å². The van der Waals surface area contributed by atoms with E-state index in [-0.39, 0.29) is 18.1 Å². The van der Waals surface area contributed by atoms with Gasteiger partial charge in [0.05, 0.1) is 6.42 Å². The van der Waals surface area contributed by atoms with Crippen molar-refractivity contribution in [3.05, 3.63) is 35.4 Å². The molecule has 0 bridgehead atoms. The van der Waals surface area contributed by atoms with Gasteiger partial charge in [0.25, 0.3) is 5.91 Å². The third-order valence-corrected chi connectivity index (χ3v) is 3.34. The summed E-state index contributed by atoms with van der Waals surface area (Å²) in [6, 6.07) is 4.07. The summed E-state index contributed by atoms with van der Waals surface area (Å²) in [6.45, 7) is 0.226. The van der Waals surface area contributed by atoms with Gasteiger partial charge in [-0.05, 0) is 17.7 Å². The first kappa shape index (κ1) is 21.4. The Balaban J connectivity index is 2.73. The zero-order valence-corrected chi connectivity index (χ0v) is 14.5. The van der Waals surface area contributed by atoms with Gasteiger partial charge in [0.1, 0.15) is 6.04 Å². The fourth-order valence-corrected chi connectivity index (χ4v) is 1.93. The highest BCUT2D eigenvalue weighted by Crippen LogP contribution is 2.08. The molecule has 146 valence electrons. The maximum atomic E-state index is 12.4. The second-order valence-electron chi connectivity index (χ2n) is 5.46. The lowest BCUT2D eigenvalue weighted by Gasteiger charge is -2.19. The maximum Gasteiger partial charge on any atom is 0.338 e. The zero-order chi connectivity index (χ0) is 20.6. The summed E-state index contributed by atoms with van der Waals surface area (Å²) in [5.41, 5.74) is 15.4. The third-order valence-electron chi connectivity index (χ3n) is 3.34. The number of benzene rings is 1. The predicted octanol–water partition coefficient (Wildman–Crippen LogP) is -1.72. The van der Waals surface area contributed by atoms with Crippen molar-refractivity contribution < 1.29 is 24.3 Å². The van der Waals surface area contributed by atoms with Crippen molar-refractivity contribution in [1.29, 1.82) is 5.41 Å². The van der Waals surface area contributed by atoms with E-state index in [9.17, 15) is 19.2 Å². The van der Waals surface area contributed by atoms with Gasteiger partial charge in [-0.25, -0.2) is 10.2 Å². The van der Waals surface area contributed by atoms with Crippen LogP contribution in [0.15, 0.2) is 24.3 Å². The quantitative estimate of drug-likeness (QED) is 0.157. The molecule has 1 aromatic rings. The molecular weight excluding hydrogens is 358 g/mol. The summed E-state index contributed by atoms with van der Waals surface area (Å²) in [4.78, 5) is 47.0. The molecule has 1 aromatic carbocycles. The number of urea groups is 1. The Hall–Kier alpha value is -3.67. The van der Waals surface area contributed by atoms with Crippen molar-refractivity contribution in [3.63, 3.8) is 0 Å². The minimum absolute atomic E-state index is 0.201. The Kier molecular flexibility index (Phi) is 7.69. The van der Waals surface area contributed by atoms with Crippen molar-refractivity contribution in [3.8, 4) is 0 Å². The normalized spacial score (nSPS) is 11.1. The second-order valence-corrected chi connectivity index (χ2v) is 5.46. The first-order valence-corrected chi connectivity index (χ1v) is 7.63. The summed E-state index contributed by atoms with van der Waals surface area (Å²) in [5.74, 6) is -3.13. The van der Waals surface area contributed by atoms with E-state index in [1.165, 1.54) is 19.2 Å². The molecule has 0 aliphatic carbocycles. The molecule has 0 aliphatic heterocycles. The molecule has 0 heterocycles. The van der Waals surface area contributed by atoms with Gasteiger partial charge in [0.2, 0.25) is 5.91 Å². The highest BCUT2D eigenvalue weighted by molar-refractivity contribution is 6.04. The molecule has 9 N–H and O–H groups in total. The van der Waals surface area contributed by atoms with E-state index in [1.807, 2.05) is 0 Å². The first-order valence-electron chi connectivity index (χ1n) is 7.63. The molecule has 0 spiro atoms. The molecule has 1 rings (SSSR count). The Labute approximate surface area is 154 Å². The number of aliphatic carboxylic acids is 1. The Morgan fingerprint density at radius 3 is 2.48 bits per heavy atom. The topological polar surface area (TPSA) is 204 Å². The number of hydrazine groups is 1. The van der Waals surface area contributed by atoms with Crippen LogP contribution in [0.4, 0.5) is 4.79 Å². The van der Waals surface area contributed by atoms with Crippen LogP contribution in [-0.2, 0) is 16.1 Å². The average Bonchev–Trinajstić information content (AvgIpc) is 2.61. The van der Waals surface area contributed by atoms with Gasteiger partial charge >= 0.3 is 12.0 Å². The predicted molar refractivity (Wildman–Crippen MR) is 94.2 cm³/mol. The lowest BCUT2D eigenvalue weighted by atomic mass is 10.1. The second kappa shape index (κ2) is 9.72. The van der Waals surface area contributed by atoms with Crippen LogP contribution in [0.1, 0.15) is 22.3 Å². The lowest BCUT2D eigenvalue weighted by molar-refractivity contribution is -0.139. The van der Waals surface area contributed by atoms with E-state index in [4.69, 9.17) is 22.0 Å². The van der Waals surface area contributed by atoms with Crippen molar-refractivity contribution in [2.75, 3.05) is 7.05 Å². The number of rotatable bonds is 8. The highest BCUT2D eigenvalue weighted by atomic mass is 16.4. The summed E-state index contributed by atoms with van der Waals surface area (Å²) < 4.78 is 0. The Morgan fingerprint density at radius 1 is 1.26 bits per heavy atom. The van der Waals surface area contributed by atoms with Crippen molar-refractivity contribution in [2.45, 2.75) is 19.0 Å². The van der Waals surface area contributed by atoms with Crippen LogP contribution in [0, 0.1) is 5.41 Å². The Bertz CT molecular complexity index is 752. The molecule has 0 aromatic heterocycles. The molecule has 27 heavy (non-hydrogen) atoms. The summed E-state index contributed by atoms with van der Waals surface area (Å²) >= 11 is 0. The molecule has 0 unspecified atom stereocenters. The number of hydrogen-bond donors (Lipinski definition) is 7. The number of guanidine groups is 1. The van der Waals surface area contributed by atoms with Gasteiger partial charge in [0.15, 0.2) is 5.96 Å². The van der Waals surface area contributed by atoms with Crippen LogP contribution < -0.4 is 27.6 Å². The van der Waals surface area contributed by atoms with Crippen LogP contribution >= 0.6 is 0 Å². The number of nitrogens with zero attached hydrogens (tertiary/aromatic N) is 1. The van der Waals surface area contributed by atoms with Crippen molar-refractivity contribution in [2.24, 2.45) is 11.5 Å².